The Morgan fingerprint density at radius 1 is 1.43 bits per heavy atom. The van der Waals surface area contributed by atoms with Crippen LogP contribution in [0.5, 0.6) is 0 Å². The van der Waals surface area contributed by atoms with E-state index < -0.39 is 0 Å². The second-order valence-electron chi connectivity index (χ2n) is 5.08. The lowest BCUT2D eigenvalue weighted by atomic mass is 10.1. The third-order valence-electron chi connectivity index (χ3n) is 3.55. The molecule has 1 aliphatic heterocycles. The SMILES string of the molecule is CNCCCC(=O)N1CCOC(c2ccc(Cl)c(Cl)c2)C1. The van der Waals surface area contributed by atoms with E-state index in [0.717, 1.165) is 18.5 Å². The van der Waals surface area contributed by atoms with Crippen LogP contribution in [-0.2, 0) is 9.53 Å². The molecule has 0 bridgehead atoms. The van der Waals surface area contributed by atoms with E-state index in [2.05, 4.69) is 5.32 Å². The molecule has 116 valence electrons. The monoisotopic (exact) mass is 330 g/mol. The van der Waals surface area contributed by atoms with Gasteiger partial charge in [-0.15, -0.1) is 0 Å². The maximum absolute atomic E-state index is 12.2. The van der Waals surface area contributed by atoms with E-state index in [1.54, 1.807) is 6.07 Å². The van der Waals surface area contributed by atoms with Crippen LogP contribution in [0.4, 0.5) is 0 Å². The van der Waals surface area contributed by atoms with Crippen LogP contribution in [0.1, 0.15) is 24.5 Å². The minimum absolute atomic E-state index is 0.137. The predicted molar refractivity (Wildman–Crippen MR) is 84.9 cm³/mol. The average molecular weight is 331 g/mol. The number of carbonyl (C=O) groups is 1. The van der Waals surface area contributed by atoms with E-state index >= 15 is 0 Å². The number of hydrogen-bond donors (Lipinski definition) is 1. The van der Waals surface area contributed by atoms with Crippen molar-refractivity contribution in [3.63, 3.8) is 0 Å². The van der Waals surface area contributed by atoms with Gasteiger partial charge in [-0.25, -0.2) is 0 Å². The minimum Gasteiger partial charge on any atom is -0.370 e. The third-order valence-corrected chi connectivity index (χ3v) is 4.29. The van der Waals surface area contributed by atoms with Gasteiger partial charge in [0.25, 0.3) is 0 Å². The van der Waals surface area contributed by atoms with Gasteiger partial charge >= 0.3 is 0 Å². The largest absolute Gasteiger partial charge is 0.370 e. The molecule has 1 aromatic carbocycles. The molecular formula is C15H20Cl2N2O2. The van der Waals surface area contributed by atoms with Crippen molar-refractivity contribution in [2.45, 2.75) is 18.9 Å². The fourth-order valence-electron chi connectivity index (χ4n) is 2.36. The third kappa shape index (κ3) is 4.58. The molecule has 6 heteroatoms. The van der Waals surface area contributed by atoms with Gasteiger partial charge in [0, 0.05) is 13.0 Å². The quantitative estimate of drug-likeness (QED) is 0.844. The molecule has 0 aliphatic carbocycles. The summed E-state index contributed by atoms with van der Waals surface area (Å²) in [5, 5.41) is 4.08. The summed E-state index contributed by atoms with van der Waals surface area (Å²) in [4.78, 5) is 14.0. The number of benzene rings is 1. The molecule has 1 fully saturated rings. The number of nitrogens with one attached hydrogen (secondary N) is 1. The Labute approximate surface area is 135 Å². The van der Waals surface area contributed by atoms with E-state index in [9.17, 15) is 4.79 Å². The number of ether oxygens (including phenoxy) is 1. The van der Waals surface area contributed by atoms with Crippen molar-refractivity contribution >= 4 is 29.1 Å². The Hall–Kier alpha value is -0.810. The highest BCUT2D eigenvalue weighted by Gasteiger charge is 2.25. The van der Waals surface area contributed by atoms with Crippen LogP contribution >= 0.6 is 23.2 Å². The lowest BCUT2D eigenvalue weighted by Gasteiger charge is -2.33. The molecule has 1 heterocycles. The Morgan fingerprint density at radius 2 is 2.24 bits per heavy atom. The van der Waals surface area contributed by atoms with Crippen molar-refractivity contribution in [2.24, 2.45) is 0 Å². The van der Waals surface area contributed by atoms with E-state index in [4.69, 9.17) is 27.9 Å². The number of halogens is 2. The zero-order valence-corrected chi connectivity index (χ0v) is 13.6. The zero-order chi connectivity index (χ0) is 15.2. The van der Waals surface area contributed by atoms with Gasteiger partial charge in [0.05, 0.1) is 23.2 Å². The fraction of sp³-hybridized carbons (Fsp3) is 0.533. The van der Waals surface area contributed by atoms with Gasteiger partial charge in [0.15, 0.2) is 0 Å². The summed E-state index contributed by atoms with van der Waals surface area (Å²) in [6.45, 7) is 2.61. The summed E-state index contributed by atoms with van der Waals surface area (Å²) in [6.07, 6.45) is 1.28. The minimum atomic E-state index is -0.137. The van der Waals surface area contributed by atoms with Crippen LogP contribution in [-0.4, -0.2) is 44.1 Å². The first kappa shape index (κ1) is 16.6. The van der Waals surface area contributed by atoms with Crippen LogP contribution in [0.3, 0.4) is 0 Å². The van der Waals surface area contributed by atoms with Crippen LogP contribution in [0.2, 0.25) is 10.0 Å². The predicted octanol–water partition coefficient (Wildman–Crippen LogP) is 2.89. The molecule has 1 atom stereocenters. The molecule has 1 unspecified atom stereocenters. The van der Waals surface area contributed by atoms with Crippen LogP contribution in [0, 0.1) is 0 Å². The molecule has 2 rings (SSSR count). The Morgan fingerprint density at radius 3 is 2.95 bits per heavy atom. The maximum Gasteiger partial charge on any atom is 0.222 e. The normalized spacial score (nSPS) is 18.8. The summed E-state index contributed by atoms with van der Waals surface area (Å²) in [5.41, 5.74) is 0.956. The second-order valence-corrected chi connectivity index (χ2v) is 5.89. The summed E-state index contributed by atoms with van der Waals surface area (Å²) in [5.74, 6) is 0.179. The number of amides is 1. The van der Waals surface area contributed by atoms with Crippen molar-refractivity contribution in [2.75, 3.05) is 33.3 Å². The lowest BCUT2D eigenvalue weighted by molar-refractivity contribution is -0.139. The van der Waals surface area contributed by atoms with Crippen LogP contribution in [0.25, 0.3) is 0 Å². The molecule has 0 aromatic heterocycles. The Bertz CT molecular complexity index is 497. The molecule has 0 radical (unpaired) electrons. The molecule has 0 spiro atoms. The van der Waals surface area contributed by atoms with Crippen molar-refractivity contribution in [1.82, 2.24) is 10.2 Å². The fourth-order valence-corrected chi connectivity index (χ4v) is 2.67. The van der Waals surface area contributed by atoms with Gasteiger partial charge in [0.1, 0.15) is 6.10 Å². The van der Waals surface area contributed by atoms with Crippen molar-refractivity contribution in [3.05, 3.63) is 33.8 Å². The molecule has 4 nitrogen and oxygen atoms in total. The highest BCUT2D eigenvalue weighted by molar-refractivity contribution is 6.42. The highest BCUT2D eigenvalue weighted by Crippen LogP contribution is 2.29. The van der Waals surface area contributed by atoms with Gasteiger partial charge in [-0.1, -0.05) is 29.3 Å². The summed E-state index contributed by atoms with van der Waals surface area (Å²) in [6, 6.07) is 5.47. The Kier molecular flexibility index (Phi) is 6.30. The van der Waals surface area contributed by atoms with Crippen molar-refractivity contribution < 1.29 is 9.53 Å². The molecular weight excluding hydrogens is 311 g/mol. The second kappa shape index (κ2) is 7.99. The van der Waals surface area contributed by atoms with Gasteiger partial charge in [0.2, 0.25) is 5.91 Å². The van der Waals surface area contributed by atoms with Crippen molar-refractivity contribution in [1.29, 1.82) is 0 Å². The van der Waals surface area contributed by atoms with E-state index in [1.165, 1.54) is 0 Å². The number of carbonyl (C=O) groups excluding carboxylic acids is 1. The van der Waals surface area contributed by atoms with Gasteiger partial charge < -0.3 is 15.0 Å². The highest BCUT2D eigenvalue weighted by atomic mass is 35.5. The molecule has 1 aromatic rings. The lowest BCUT2D eigenvalue weighted by Crippen LogP contribution is -2.42. The van der Waals surface area contributed by atoms with Crippen LogP contribution < -0.4 is 5.32 Å². The number of nitrogens with zero attached hydrogens (tertiary/aromatic N) is 1. The number of hydrogen-bond acceptors (Lipinski definition) is 3. The summed E-state index contributed by atoms with van der Waals surface area (Å²) >= 11 is 12.0. The number of rotatable bonds is 5. The van der Waals surface area contributed by atoms with E-state index in [1.807, 2.05) is 24.1 Å². The summed E-state index contributed by atoms with van der Waals surface area (Å²) < 4.78 is 5.76. The first-order valence-corrected chi connectivity index (χ1v) is 7.86. The topological polar surface area (TPSA) is 41.6 Å². The Balaban J connectivity index is 1.96. The first-order chi connectivity index (χ1) is 10.1. The molecule has 1 N–H and O–H groups in total. The summed E-state index contributed by atoms with van der Waals surface area (Å²) in [7, 11) is 1.89. The average Bonchev–Trinajstić information content (AvgIpc) is 2.50. The molecule has 1 aliphatic rings. The molecule has 0 saturated carbocycles. The van der Waals surface area contributed by atoms with Crippen LogP contribution in [0.15, 0.2) is 18.2 Å². The van der Waals surface area contributed by atoms with Gasteiger partial charge in [-0.05, 0) is 37.7 Å². The maximum atomic E-state index is 12.2. The van der Waals surface area contributed by atoms with Gasteiger partial charge in [-0.2, -0.15) is 0 Å². The molecule has 1 amide bonds. The standard InChI is InChI=1S/C15H20Cl2N2O2/c1-18-6-2-3-15(20)19-7-8-21-14(10-19)11-4-5-12(16)13(17)9-11/h4-5,9,14,18H,2-3,6-8,10H2,1H3. The van der Waals surface area contributed by atoms with Gasteiger partial charge in [-0.3, -0.25) is 4.79 Å². The first-order valence-electron chi connectivity index (χ1n) is 7.10. The van der Waals surface area contributed by atoms with E-state index in [-0.39, 0.29) is 12.0 Å². The number of morpholine rings is 1. The van der Waals surface area contributed by atoms with Crippen molar-refractivity contribution in [3.8, 4) is 0 Å². The van der Waals surface area contributed by atoms with E-state index in [0.29, 0.717) is 36.2 Å². The smallest absolute Gasteiger partial charge is 0.222 e. The zero-order valence-electron chi connectivity index (χ0n) is 12.1. The molecule has 21 heavy (non-hydrogen) atoms. The molecule has 1 saturated heterocycles.